The molecule has 0 aromatic rings. The zero-order valence-electron chi connectivity index (χ0n) is 14.3. The molecule has 1 fully saturated rings. The van der Waals surface area contributed by atoms with E-state index in [1.165, 1.54) is 4.90 Å². The van der Waals surface area contributed by atoms with Crippen molar-refractivity contribution in [2.45, 2.75) is 34.6 Å². The number of rotatable bonds is 5. The van der Waals surface area contributed by atoms with Crippen LogP contribution in [0.3, 0.4) is 0 Å². The SMILES string of the molecule is C=C/C=C(C=C)/C=C/C=C1/SC(=O)N(CC)C1=O.CC.CC. The van der Waals surface area contributed by atoms with Gasteiger partial charge in [-0.3, -0.25) is 14.5 Å². The van der Waals surface area contributed by atoms with Crippen LogP contribution in [0, 0.1) is 0 Å². The van der Waals surface area contributed by atoms with Crippen LogP contribution in [0.1, 0.15) is 34.6 Å². The minimum Gasteiger partial charge on any atom is -0.269 e. The van der Waals surface area contributed by atoms with E-state index in [-0.39, 0.29) is 11.1 Å². The van der Waals surface area contributed by atoms with Crippen LogP contribution in [-0.2, 0) is 4.79 Å². The lowest BCUT2D eigenvalue weighted by Gasteiger charge is -2.06. The van der Waals surface area contributed by atoms with Crippen LogP contribution in [0.2, 0.25) is 0 Å². The lowest BCUT2D eigenvalue weighted by atomic mass is 10.2. The molecule has 0 aromatic carbocycles. The van der Waals surface area contributed by atoms with Gasteiger partial charge < -0.3 is 0 Å². The number of imide groups is 1. The Morgan fingerprint density at radius 1 is 1.18 bits per heavy atom. The average Bonchev–Trinajstić information content (AvgIpc) is 2.84. The van der Waals surface area contributed by atoms with Gasteiger partial charge in [-0.15, -0.1) is 0 Å². The minimum absolute atomic E-state index is 0.215. The third kappa shape index (κ3) is 7.27. The van der Waals surface area contributed by atoms with Gasteiger partial charge in [-0.25, -0.2) is 0 Å². The highest BCUT2D eigenvalue weighted by molar-refractivity contribution is 8.18. The largest absolute Gasteiger partial charge is 0.293 e. The molecule has 2 amide bonds. The van der Waals surface area contributed by atoms with Crippen molar-refractivity contribution in [3.8, 4) is 0 Å². The van der Waals surface area contributed by atoms with Gasteiger partial charge in [0.1, 0.15) is 0 Å². The van der Waals surface area contributed by atoms with Gasteiger partial charge in [0.25, 0.3) is 11.1 Å². The van der Waals surface area contributed by atoms with E-state index in [1.807, 2.05) is 27.7 Å². The summed E-state index contributed by atoms with van der Waals surface area (Å²) < 4.78 is 0. The zero-order valence-corrected chi connectivity index (χ0v) is 15.1. The summed E-state index contributed by atoms with van der Waals surface area (Å²) in [5.41, 5.74) is 0.885. The summed E-state index contributed by atoms with van der Waals surface area (Å²) in [7, 11) is 0. The van der Waals surface area contributed by atoms with E-state index in [1.54, 1.807) is 43.4 Å². The van der Waals surface area contributed by atoms with Gasteiger partial charge in [0.15, 0.2) is 0 Å². The van der Waals surface area contributed by atoms with Crippen LogP contribution in [-0.4, -0.2) is 22.6 Å². The van der Waals surface area contributed by atoms with Crippen molar-refractivity contribution in [3.05, 3.63) is 60.1 Å². The van der Waals surface area contributed by atoms with E-state index in [0.717, 1.165) is 17.3 Å². The first-order valence-corrected chi connectivity index (χ1v) is 8.32. The summed E-state index contributed by atoms with van der Waals surface area (Å²) in [6.45, 7) is 17.4. The van der Waals surface area contributed by atoms with Gasteiger partial charge in [0.2, 0.25) is 0 Å². The topological polar surface area (TPSA) is 37.4 Å². The molecule has 3 nitrogen and oxygen atoms in total. The number of thioether (sulfide) groups is 1. The van der Waals surface area contributed by atoms with Crippen LogP contribution in [0.5, 0.6) is 0 Å². The second-order valence-corrected chi connectivity index (χ2v) is 4.41. The van der Waals surface area contributed by atoms with Gasteiger partial charge in [-0.05, 0) is 30.3 Å². The Balaban J connectivity index is 0. The van der Waals surface area contributed by atoms with Gasteiger partial charge in [0.05, 0.1) is 4.91 Å². The molecule has 0 aromatic heterocycles. The molecule has 4 heteroatoms. The molecular formula is C18H27NO2S. The summed E-state index contributed by atoms with van der Waals surface area (Å²) in [6, 6.07) is 0. The normalized spacial score (nSPS) is 16.1. The van der Waals surface area contributed by atoms with Crippen LogP contribution >= 0.6 is 11.8 Å². The Kier molecular flexibility index (Phi) is 14.4. The smallest absolute Gasteiger partial charge is 0.269 e. The van der Waals surface area contributed by atoms with E-state index in [0.29, 0.717) is 11.4 Å². The van der Waals surface area contributed by atoms with Crippen LogP contribution < -0.4 is 0 Å². The number of carbonyl (C=O) groups excluding carboxylic acids is 2. The highest BCUT2D eigenvalue weighted by Gasteiger charge is 2.33. The summed E-state index contributed by atoms with van der Waals surface area (Å²) in [5, 5.41) is -0.215. The maximum Gasteiger partial charge on any atom is 0.293 e. The molecule has 1 rings (SSSR count). The molecule has 1 saturated heterocycles. The van der Waals surface area contributed by atoms with Gasteiger partial charge >= 0.3 is 0 Å². The summed E-state index contributed by atoms with van der Waals surface area (Å²) >= 11 is 0.961. The molecular weight excluding hydrogens is 294 g/mol. The quantitative estimate of drug-likeness (QED) is 0.496. The predicted molar refractivity (Wildman–Crippen MR) is 98.8 cm³/mol. The third-order valence-electron chi connectivity index (χ3n) is 2.27. The summed E-state index contributed by atoms with van der Waals surface area (Å²) in [5.74, 6) is -0.231. The van der Waals surface area contributed by atoms with Gasteiger partial charge in [0, 0.05) is 6.54 Å². The maximum absolute atomic E-state index is 11.7. The third-order valence-corrected chi connectivity index (χ3v) is 3.20. The van der Waals surface area contributed by atoms with Crippen molar-refractivity contribution in [2.24, 2.45) is 0 Å². The monoisotopic (exact) mass is 321 g/mol. The molecule has 122 valence electrons. The standard InChI is InChI=1S/C14H15NO2S.2C2H6/c1-4-8-11(5-2)9-7-10-12-13(16)15(6-3)14(17)18-12;2*1-2/h4-5,7-10H,1-2,6H2,3H3;2*1-2H3/b9-7+,11-8+,12-10+;;. The van der Waals surface area contributed by atoms with Crippen molar-refractivity contribution < 1.29 is 9.59 Å². The number of amides is 2. The molecule has 1 aliphatic rings. The molecule has 0 N–H and O–H groups in total. The Morgan fingerprint density at radius 2 is 1.77 bits per heavy atom. The van der Waals surface area contributed by atoms with Crippen molar-refractivity contribution in [1.29, 1.82) is 0 Å². The van der Waals surface area contributed by atoms with Gasteiger partial charge in [-0.1, -0.05) is 71.2 Å². The van der Waals surface area contributed by atoms with Crippen LogP contribution in [0.4, 0.5) is 4.79 Å². The van der Waals surface area contributed by atoms with Crippen molar-refractivity contribution >= 4 is 22.9 Å². The van der Waals surface area contributed by atoms with Crippen molar-refractivity contribution in [2.75, 3.05) is 6.54 Å². The highest BCUT2D eigenvalue weighted by atomic mass is 32.2. The summed E-state index contributed by atoms with van der Waals surface area (Å²) in [4.78, 5) is 24.9. The van der Waals surface area contributed by atoms with E-state index in [2.05, 4.69) is 13.2 Å². The molecule has 22 heavy (non-hydrogen) atoms. The lowest BCUT2D eigenvalue weighted by Crippen LogP contribution is -2.27. The van der Waals surface area contributed by atoms with Gasteiger partial charge in [-0.2, -0.15) is 0 Å². The Bertz CT molecular complexity index is 473. The minimum atomic E-state index is -0.231. The Morgan fingerprint density at radius 3 is 2.18 bits per heavy atom. The fourth-order valence-corrected chi connectivity index (χ4v) is 2.22. The molecule has 1 heterocycles. The first kappa shape index (κ1) is 22.5. The molecule has 0 unspecified atom stereocenters. The first-order chi connectivity index (χ1) is 10.6. The fourth-order valence-electron chi connectivity index (χ4n) is 1.36. The Labute approximate surface area is 139 Å². The predicted octanol–water partition coefficient (Wildman–Crippen LogP) is 5.49. The number of hydrogen-bond acceptors (Lipinski definition) is 3. The maximum atomic E-state index is 11.7. The molecule has 0 aliphatic carbocycles. The van der Waals surface area contributed by atoms with Crippen molar-refractivity contribution in [3.63, 3.8) is 0 Å². The molecule has 0 atom stereocenters. The number of nitrogens with zero attached hydrogens (tertiary/aromatic N) is 1. The highest BCUT2D eigenvalue weighted by Crippen LogP contribution is 2.30. The second kappa shape index (κ2) is 14.1. The molecule has 0 saturated carbocycles. The number of likely N-dealkylation sites (N-methyl/N-ethyl adjacent to an activating group) is 1. The van der Waals surface area contributed by atoms with E-state index in [4.69, 9.17) is 0 Å². The number of allylic oxidation sites excluding steroid dienone is 7. The lowest BCUT2D eigenvalue weighted by molar-refractivity contribution is -0.122. The van der Waals surface area contributed by atoms with E-state index in [9.17, 15) is 9.59 Å². The molecule has 1 aliphatic heterocycles. The molecule has 0 spiro atoms. The van der Waals surface area contributed by atoms with E-state index < -0.39 is 0 Å². The number of hydrogen-bond donors (Lipinski definition) is 0. The average molecular weight is 321 g/mol. The number of carbonyl (C=O) groups is 2. The molecule has 0 bridgehead atoms. The van der Waals surface area contributed by atoms with E-state index >= 15 is 0 Å². The molecule has 0 radical (unpaired) electrons. The van der Waals surface area contributed by atoms with Crippen LogP contribution in [0.15, 0.2) is 60.1 Å². The zero-order chi connectivity index (χ0) is 17.5. The second-order valence-electron chi connectivity index (χ2n) is 3.41. The van der Waals surface area contributed by atoms with Crippen molar-refractivity contribution in [1.82, 2.24) is 4.90 Å². The van der Waals surface area contributed by atoms with Crippen LogP contribution in [0.25, 0.3) is 0 Å². The Hall–Kier alpha value is -1.81. The first-order valence-electron chi connectivity index (χ1n) is 7.51. The fraction of sp³-hybridized carbons (Fsp3) is 0.333. The summed E-state index contributed by atoms with van der Waals surface area (Å²) in [6.07, 6.45) is 10.3.